The van der Waals surface area contributed by atoms with Crippen molar-refractivity contribution in [2.75, 3.05) is 0 Å². The molecule has 0 radical (unpaired) electrons. The van der Waals surface area contributed by atoms with Gasteiger partial charge in [0.15, 0.2) is 0 Å². The van der Waals surface area contributed by atoms with Crippen molar-refractivity contribution >= 4 is 53.9 Å². The van der Waals surface area contributed by atoms with E-state index in [4.69, 9.17) is 0 Å². The van der Waals surface area contributed by atoms with E-state index in [0.29, 0.717) is 11.8 Å². The standard InChI is InChI=1S/C44H36/c1-27(2)42-38-23-22-32(25-41(38)43(28(3)4)44-35-14-8-5-11-30(35)21-24-39(42)44)29-17-19-31(20-18-29)40-26-33-12-6-7-13-34(33)36-15-9-10-16-37(36)40/h5-28H,1-4H3. The summed E-state index contributed by atoms with van der Waals surface area (Å²) in [6, 6.07) is 49.8. The van der Waals surface area contributed by atoms with Gasteiger partial charge < -0.3 is 0 Å². The highest BCUT2D eigenvalue weighted by Crippen LogP contribution is 2.44. The van der Waals surface area contributed by atoms with Gasteiger partial charge in [-0.2, -0.15) is 0 Å². The Bertz CT molecular complexity index is 2370. The molecule has 0 spiro atoms. The third-order valence-corrected chi connectivity index (χ3v) is 9.54. The van der Waals surface area contributed by atoms with Crippen molar-refractivity contribution in [3.63, 3.8) is 0 Å². The van der Waals surface area contributed by atoms with Crippen LogP contribution in [0.4, 0.5) is 0 Å². The molecule has 0 atom stereocenters. The molecule has 0 unspecified atom stereocenters. The Morgan fingerprint density at radius 2 is 0.909 bits per heavy atom. The van der Waals surface area contributed by atoms with Crippen LogP contribution in [-0.4, -0.2) is 0 Å². The van der Waals surface area contributed by atoms with Crippen molar-refractivity contribution in [1.29, 1.82) is 0 Å². The fraction of sp³-hybridized carbons (Fsp3) is 0.136. The molecule has 44 heavy (non-hydrogen) atoms. The number of fused-ring (bicyclic) bond motifs is 7. The van der Waals surface area contributed by atoms with E-state index in [1.165, 1.54) is 87.2 Å². The van der Waals surface area contributed by atoms with E-state index >= 15 is 0 Å². The van der Waals surface area contributed by atoms with Crippen LogP contribution in [0.3, 0.4) is 0 Å². The molecule has 0 aliphatic rings. The van der Waals surface area contributed by atoms with Crippen LogP contribution in [0.15, 0.2) is 133 Å². The van der Waals surface area contributed by atoms with E-state index in [2.05, 4.69) is 161 Å². The summed E-state index contributed by atoms with van der Waals surface area (Å²) in [4.78, 5) is 0. The van der Waals surface area contributed by atoms with Crippen molar-refractivity contribution in [3.05, 3.63) is 145 Å². The van der Waals surface area contributed by atoms with Crippen LogP contribution in [0.2, 0.25) is 0 Å². The third kappa shape index (κ3) is 4.13. The highest BCUT2D eigenvalue weighted by Gasteiger charge is 2.20. The zero-order chi connectivity index (χ0) is 29.9. The summed E-state index contributed by atoms with van der Waals surface area (Å²) in [5.41, 5.74) is 7.96. The van der Waals surface area contributed by atoms with E-state index in [1.54, 1.807) is 0 Å². The van der Waals surface area contributed by atoms with Crippen LogP contribution >= 0.6 is 0 Å². The van der Waals surface area contributed by atoms with Crippen LogP contribution in [-0.2, 0) is 0 Å². The fourth-order valence-electron chi connectivity index (χ4n) is 7.60. The predicted octanol–water partition coefficient (Wildman–Crippen LogP) is 13.0. The molecule has 0 heteroatoms. The minimum absolute atomic E-state index is 0.394. The zero-order valence-corrected chi connectivity index (χ0v) is 25.9. The van der Waals surface area contributed by atoms with Gasteiger partial charge >= 0.3 is 0 Å². The van der Waals surface area contributed by atoms with E-state index < -0.39 is 0 Å². The molecule has 8 aromatic rings. The highest BCUT2D eigenvalue weighted by molar-refractivity contribution is 6.18. The van der Waals surface area contributed by atoms with Gasteiger partial charge in [-0.3, -0.25) is 0 Å². The molecule has 0 aromatic heterocycles. The molecule has 0 heterocycles. The summed E-state index contributed by atoms with van der Waals surface area (Å²) in [6.45, 7) is 9.37. The van der Waals surface area contributed by atoms with Gasteiger partial charge in [0.05, 0.1) is 0 Å². The molecule has 0 aliphatic carbocycles. The Morgan fingerprint density at radius 1 is 0.341 bits per heavy atom. The zero-order valence-electron chi connectivity index (χ0n) is 25.9. The molecular formula is C44H36. The second kappa shape index (κ2) is 10.4. The SMILES string of the molecule is CC(C)c1c2ccc(-c3ccc(-c4cc5ccccc5c5ccccc45)cc3)cc2c(C(C)C)c2c1ccc1ccccc12. The maximum absolute atomic E-state index is 2.46. The van der Waals surface area contributed by atoms with Gasteiger partial charge in [-0.05, 0) is 111 Å². The summed E-state index contributed by atoms with van der Waals surface area (Å²) in [6.07, 6.45) is 0. The largest absolute Gasteiger partial charge is 0.0616 e. The maximum atomic E-state index is 2.46. The van der Waals surface area contributed by atoms with Crippen LogP contribution in [0.25, 0.3) is 76.1 Å². The van der Waals surface area contributed by atoms with Crippen molar-refractivity contribution in [2.24, 2.45) is 0 Å². The predicted molar refractivity (Wildman–Crippen MR) is 193 cm³/mol. The summed E-state index contributed by atoms with van der Waals surface area (Å²) < 4.78 is 0. The molecule has 0 nitrogen and oxygen atoms in total. The van der Waals surface area contributed by atoms with E-state index in [1.807, 2.05) is 0 Å². The van der Waals surface area contributed by atoms with Gasteiger partial charge in [-0.15, -0.1) is 0 Å². The van der Waals surface area contributed by atoms with Gasteiger partial charge in [0, 0.05) is 0 Å². The lowest BCUT2D eigenvalue weighted by Gasteiger charge is -2.23. The minimum atomic E-state index is 0.394. The Balaban J connectivity index is 1.33. The Hall–Kier alpha value is -4.94. The van der Waals surface area contributed by atoms with Crippen molar-refractivity contribution in [3.8, 4) is 22.3 Å². The first-order chi connectivity index (χ1) is 21.5. The average Bonchev–Trinajstić information content (AvgIpc) is 3.06. The van der Waals surface area contributed by atoms with Crippen molar-refractivity contribution < 1.29 is 0 Å². The summed E-state index contributed by atoms with van der Waals surface area (Å²) >= 11 is 0. The van der Waals surface area contributed by atoms with E-state index in [9.17, 15) is 0 Å². The smallest absolute Gasteiger partial charge is 0.00614 e. The number of benzene rings is 8. The molecule has 8 rings (SSSR count). The second-order valence-electron chi connectivity index (χ2n) is 12.9. The Labute approximate surface area is 259 Å². The lowest BCUT2D eigenvalue weighted by atomic mass is 9.81. The topological polar surface area (TPSA) is 0 Å². The Kier molecular flexibility index (Phi) is 6.27. The fourth-order valence-corrected chi connectivity index (χ4v) is 7.60. The second-order valence-corrected chi connectivity index (χ2v) is 12.9. The van der Waals surface area contributed by atoms with Crippen LogP contribution in [0.1, 0.15) is 50.7 Å². The quantitative estimate of drug-likeness (QED) is 0.147. The first-order valence-electron chi connectivity index (χ1n) is 15.9. The lowest BCUT2D eigenvalue weighted by Crippen LogP contribution is -2.00. The van der Waals surface area contributed by atoms with Crippen LogP contribution in [0, 0.1) is 0 Å². The summed E-state index contributed by atoms with van der Waals surface area (Å²) in [5, 5.41) is 13.4. The lowest BCUT2D eigenvalue weighted by molar-refractivity contribution is 0.873. The van der Waals surface area contributed by atoms with Crippen LogP contribution in [0.5, 0.6) is 0 Å². The average molecular weight is 565 g/mol. The molecular weight excluding hydrogens is 528 g/mol. The van der Waals surface area contributed by atoms with Crippen LogP contribution < -0.4 is 0 Å². The van der Waals surface area contributed by atoms with Crippen molar-refractivity contribution in [2.45, 2.75) is 39.5 Å². The number of hydrogen-bond acceptors (Lipinski definition) is 0. The summed E-state index contributed by atoms with van der Waals surface area (Å²) in [7, 11) is 0. The molecule has 0 fully saturated rings. The molecule has 0 saturated heterocycles. The summed E-state index contributed by atoms with van der Waals surface area (Å²) in [5.74, 6) is 0.815. The molecule has 0 saturated carbocycles. The van der Waals surface area contributed by atoms with E-state index in [0.717, 1.165) is 0 Å². The first kappa shape index (κ1) is 26.7. The molecule has 0 aliphatic heterocycles. The maximum Gasteiger partial charge on any atom is -0.00614 e. The van der Waals surface area contributed by atoms with Gasteiger partial charge in [0.2, 0.25) is 0 Å². The molecule has 8 aromatic carbocycles. The molecule has 0 bridgehead atoms. The molecule has 0 N–H and O–H groups in total. The Morgan fingerprint density at radius 3 is 1.64 bits per heavy atom. The number of rotatable bonds is 4. The van der Waals surface area contributed by atoms with Gasteiger partial charge in [0.25, 0.3) is 0 Å². The highest BCUT2D eigenvalue weighted by atomic mass is 14.2. The molecule has 0 amide bonds. The minimum Gasteiger partial charge on any atom is -0.0616 e. The monoisotopic (exact) mass is 564 g/mol. The third-order valence-electron chi connectivity index (χ3n) is 9.54. The molecule has 212 valence electrons. The van der Waals surface area contributed by atoms with Gasteiger partial charge in [-0.25, -0.2) is 0 Å². The normalized spacial score (nSPS) is 12.0. The number of hydrogen-bond donors (Lipinski definition) is 0. The van der Waals surface area contributed by atoms with E-state index in [-0.39, 0.29) is 0 Å². The first-order valence-corrected chi connectivity index (χ1v) is 15.9. The van der Waals surface area contributed by atoms with Gasteiger partial charge in [0.1, 0.15) is 0 Å². The van der Waals surface area contributed by atoms with Crippen molar-refractivity contribution in [1.82, 2.24) is 0 Å². The van der Waals surface area contributed by atoms with Gasteiger partial charge in [-0.1, -0.05) is 149 Å².